The van der Waals surface area contributed by atoms with Crippen LogP contribution in [0.3, 0.4) is 0 Å². The van der Waals surface area contributed by atoms with E-state index in [1.165, 1.54) is 0 Å². The SMILES string of the molecule is CN=C(NCCN1CCOCC1)NCC(OC)C(C)(C)C. The van der Waals surface area contributed by atoms with Gasteiger partial charge in [0.05, 0.1) is 19.3 Å². The Hall–Kier alpha value is -0.850. The third-order valence-corrected chi connectivity index (χ3v) is 3.75. The van der Waals surface area contributed by atoms with Crippen molar-refractivity contribution < 1.29 is 9.47 Å². The predicted molar refractivity (Wildman–Crippen MR) is 86.9 cm³/mol. The smallest absolute Gasteiger partial charge is 0.191 e. The Morgan fingerprint density at radius 1 is 1.29 bits per heavy atom. The summed E-state index contributed by atoms with van der Waals surface area (Å²) in [6.07, 6.45) is 0.148. The van der Waals surface area contributed by atoms with Gasteiger partial charge < -0.3 is 20.1 Å². The monoisotopic (exact) mass is 300 g/mol. The highest BCUT2D eigenvalue weighted by Crippen LogP contribution is 2.20. The molecule has 0 spiro atoms. The highest BCUT2D eigenvalue weighted by atomic mass is 16.5. The van der Waals surface area contributed by atoms with E-state index in [0.29, 0.717) is 0 Å². The highest BCUT2D eigenvalue weighted by molar-refractivity contribution is 5.79. The van der Waals surface area contributed by atoms with Gasteiger partial charge in [0, 0.05) is 46.9 Å². The Morgan fingerprint density at radius 3 is 2.48 bits per heavy atom. The van der Waals surface area contributed by atoms with E-state index < -0.39 is 0 Å². The van der Waals surface area contributed by atoms with Gasteiger partial charge in [-0.25, -0.2) is 0 Å². The average Bonchev–Trinajstić information content (AvgIpc) is 2.45. The molecule has 1 saturated heterocycles. The number of methoxy groups -OCH3 is 1. The second-order valence-electron chi connectivity index (χ2n) is 6.42. The summed E-state index contributed by atoms with van der Waals surface area (Å²) in [4.78, 5) is 6.65. The Kier molecular flexibility index (Phi) is 8.00. The molecule has 0 bridgehead atoms. The summed E-state index contributed by atoms with van der Waals surface area (Å²) in [7, 11) is 3.55. The van der Waals surface area contributed by atoms with E-state index in [9.17, 15) is 0 Å². The van der Waals surface area contributed by atoms with Crippen molar-refractivity contribution in [3.63, 3.8) is 0 Å². The number of guanidine groups is 1. The maximum atomic E-state index is 5.54. The Morgan fingerprint density at radius 2 is 1.95 bits per heavy atom. The molecule has 6 heteroatoms. The molecule has 1 atom stereocenters. The van der Waals surface area contributed by atoms with Gasteiger partial charge in [-0.3, -0.25) is 9.89 Å². The zero-order valence-electron chi connectivity index (χ0n) is 14.2. The lowest BCUT2D eigenvalue weighted by Crippen LogP contribution is -2.47. The molecule has 0 aromatic carbocycles. The fourth-order valence-corrected chi connectivity index (χ4v) is 2.31. The van der Waals surface area contributed by atoms with Gasteiger partial charge in [-0.15, -0.1) is 0 Å². The molecule has 2 N–H and O–H groups in total. The third kappa shape index (κ3) is 7.11. The second-order valence-corrected chi connectivity index (χ2v) is 6.42. The Balaban J connectivity index is 2.25. The standard InChI is InChI=1S/C15H32N4O2/c1-15(2,3)13(20-5)12-18-14(16-4)17-6-7-19-8-10-21-11-9-19/h13H,6-12H2,1-5H3,(H2,16,17,18). The van der Waals surface area contributed by atoms with Crippen LogP contribution in [0, 0.1) is 5.41 Å². The van der Waals surface area contributed by atoms with Crippen LogP contribution in [0.1, 0.15) is 20.8 Å². The Bertz CT molecular complexity index is 309. The van der Waals surface area contributed by atoms with Gasteiger partial charge in [0.2, 0.25) is 0 Å². The van der Waals surface area contributed by atoms with Crippen molar-refractivity contribution in [1.29, 1.82) is 0 Å². The molecule has 1 unspecified atom stereocenters. The van der Waals surface area contributed by atoms with Crippen LogP contribution in [-0.4, -0.2) is 77.1 Å². The number of rotatable bonds is 6. The van der Waals surface area contributed by atoms with Gasteiger partial charge >= 0.3 is 0 Å². The van der Waals surface area contributed by atoms with Crippen LogP contribution in [-0.2, 0) is 9.47 Å². The lowest BCUT2D eigenvalue weighted by atomic mass is 9.89. The number of aliphatic imine (C=N–C) groups is 1. The normalized spacial score (nSPS) is 19.4. The van der Waals surface area contributed by atoms with Crippen LogP contribution in [0.2, 0.25) is 0 Å². The van der Waals surface area contributed by atoms with E-state index in [1.54, 1.807) is 14.2 Å². The lowest BCUT2D eigenvalue weighted by molar-refractivity contribution is 0.0205. The molecule has 0 radical (unpaired) electrons. The minimum Gasteiger partial charge on any atom is -0.379 e. The first-order chi connectivity index (χ1) is 9.97. The molecule has 1 rings (SSSR count). The molecule has 21 heavy (non-hydrogen) atoms. The zero-order valence-corrected chi connectivity index (χ0v) is 14.2. The van der Waals surface area contributed by atoms with Crippen LogP contribution in [0.15, 0.2) is 4.99 Å². The largest absolute Gasteiger partial charge is 0.379 e. The molecular weight excluding hydrogens is 268 g/mol. The number of hydrogen-bond acceptors (Lipinski definition) is 4. The van der Waals surface area contributed by atoms with E-state index in [4.69, 9.17) is 9.47 Å². The van der Waals surface area contributed by atoms with Gasteiger partial charge in [0.25, 0.3) is 0 Å². The predicted octanol–water partition coefficient (Wildman–Crippen LogP) is 0.545. The van der Waals surface area contributed by atoms with Gasteiger partial charge in [0.1, 0.15) is 0 Å². The van der Waals surface area contributed by atoms with Crippen LogP contribution in [0.4, 0.5) is 0 Å². The maximum Gasteiger partial charge on any atom is 0.191 e. The fraction of sp³-hybridized carbons (Fsp3) is 0.933. The minimum atomic E-state index is 0.106. The first-order valence-corrected chi connectivity index (χ1v) is 7.74. The minimum absolute atomic E-state index is 0.106. The van der Waals surface area contributed by atoms with Gasteiger partial charge in [-0.2, -0.15) is 0 Å². The van der Waals surface area contributed by atoms with Gasteiger partial charge in [0.15, 0.2) is 5.96 Å². The van der Waals surface area contributed by atoms with Crippen LogP contribution < -0.4 is 10.6 Å². The van der Waals surface area contributed by atoms with Crippen molar-refractivity contribution in [3.8, 4) is 0 Å². The van der Waals surface area contributed by atoms with Crippen molar-refractivity contribution in [2.75, 3.05) is 60.1 Å². The quantitative estimate of drug-likeness (QED) is 0.554. The molecule has 0 aromatic heterocycles. The van der Waals surface area contributed by atoms with Crippen molar-refractivity contribution in [1.82, 2.24) is 15.5 Å². The van der Waals surface area contributed by atoms with E-state index >= 15 is 0 Å². The molecular formula is C15H32N4O2. The highest BCUT2D eigenvalue weighted by Gasteiger charge is 2.24. The van der Waals surface area contributed by atoms with Crippen LogP contribution >= 0.6 is 0 Å². The summed E-state index contributed by atoms with van der Waals surface area (Å²) in [5, 5.41) is 6.68. The maximum absolute atomic E-state index is 5.54. The topological polar surface area (TPSA) is 58.1 Å². The zero-order chi connectivity index (χ0) is 15.7. The van der Waals surface area contributed by atoms with Crippen molar-refractivity contribution in [2.24, 2.45) is 10.4 Å². The van der Waals surface area contributed by atoms with E-state index in [-0.39, 0.29) is 11.5 Å². The molecule has 1 heterocycles. The fourth-order valence-electron chi connectivity index (χ4n) is 2.31. The molecule has 1 aliphatic heterocycles. The molecule has 0 aromatic rings. The summed E-state index contributed by atoms with van der Waals surface area (Å²) in [6, 6.07) is 0. The summed E-state index contributed by atoms with van der Waals surface area (Å²) in [6.45, 7) is 12.9. The summed E-state index contributed by atoms with van der Waals surface area (Å²) in [5.41, 5.74) is 0.106. The Labute approximate surface area is 129 Å². The summed E-state index contributed by atoms with van der Waals surface area (Å²) >= 11 is 0. The van der Waals surface area contributed by atoms with Crippen molar-refractivity contribution in [3.05, 3.63) is 0 Å². The first-order valence-electron chi connectivity index (χ1n) is 7.74. The summed E-state index contributed by atoms with van der Waals surface area (Å²) < 4.78 is 10.9. The first kappa shape index (κ1) is 18.2. The van der Waals surface area contributed by atoms with E-state index in [0.717, 1.165) is 51.9 Å². The van der Waals surface area contributed by atoms with Crippen LogP contribution in [0.25, 0.3) is 0 Å². The number of morpholine rings is 1. The molecule has 0 amide bonds. The average molecular weight is 300 g/mol. The van der Waals surface area contributed by atoms with E-state index in [2.05, 4.69) is 41.3 Å². The second kappa shape index (κ2) is 9.23. The molecule has 6 nitrogen and oxygen atoms in total. The van der Waals surface area contributed by atoms with Crippen molar-refractivity contribution >= 4 is 5.96 Å². The van der Waals surface area contributed by atoms with Crippen molar-refractivity contribution in [2.45, 2.75) is 26.9 Å². The number of nitrogens with one attached hydrogen (secondary N) is 2. The molecule has 0 aliphatic carbocycles. The molecule has 1 aliphatic rings. The number of nitrogens with zero attached hydrogens (tertiary/aromatic N) is 2. The van der Waals surface area contributed by atoms with Crippen LogP contribution in [0.5, 0.6) is 0 Å². The van der Waals surface area contributed by atoms with E-state index in [1.807, 2.05) is 0 Å². The number of hydrogen-bond donors (Lipinski definition) is 2. The lowest BCUT2D eigenvalue weighted by Gasteiger charge is -2.30. The van der Waals surface area contributed by atoms with Gasteiger partial charge in [-0.05, 0) is 5.41 Å². The molecule has 0 saturated carbocycles. The van der Waals surface area contributed by atoms with Gasteiger partial charge in [-0.1, -0.05) is 20.8 Å². The third-order valence-electron chi connectivity index (χ3n) is 3.75. The number of ether oxygens (including phenoxy) is 2. The molecule has 1 fully saturated rings. The molecule has 124 valence electrons. The summed E-state index contributed by atoms with van der Waals surface area (Å²) in [5.74, 6) is 0.828.